The Hall–Kier alpha value is -2.63. The van der Waals surface area contributed by atoms with Crippen molar-refractivity contribution < 1.29 is 18.0 Å². The van der Waals surface area contributed by atoms with Crippen LogP contribution in [0.15, 0.2) is 17.3 Å². The predicted molar refractivity (Wildman–Crippen MR) is 113 cm³/mol. The number of piperidine rings is 1. The van der Waals surface area contributed by atoms with Gasteiger partial charge in [-0.25, -0.2) is 9.97 Å². The van der Waals surface area contributed by atoms with Crippen molar-refractivity contribution in [2.45, 2.75) is 32.0 Å². The molecular weight excluding hydrogens is 413 g/mol. The van der Waals surface area contributed by atoms with Crippen molar-refractivity contribution in [1.82, 2.24) is 30.4 Å². The number of nitrogens with zero attached hydrogens (tertiary/aromatic N) is 5. The van der Waals surface area contributed by atoms with Gasteiger partial charge < -0.3 is 20.9 Å². The molecule has 2 rings (SSSR count). The number of guanidine groups is 1. The molecule has 0 aromatic carbocycles. The van der Waals surface area contributed by atoms with E-state index in [0.29, 0.717) is 32.1 Å². The first-order valence-corrected chi connectivity index (χ1v) is 10.3. The first kappa shape index (κ1) is 24.6. The number of rotatable bonds is 8. The summed E-state index contributed by atoms with van der Waals surface area (Å²) in [4.78, 5) is 27.3. The molecule has 9 nitrogen and oxygen atoms in total. The van der Waals surface area contributed by atoms with E-state index in [9.17, 15) is 18.0 Å². The molecule has 1 aliphatic rings. The Morgan fingerprint density at radius 1 is 1.32 bits per heavy atom. The van der Waals surface area contributed by atoms with E-state index in [2.05, 4.69) is 35.8 Å². The average Bonchev–Trinajstić information content (AvgIpc) is 2.72. The summed E-state index contributed by atoms with van der Waals surface area (Å²) in [5, 5.41) is 9.33. The van der Waals surface area contributed by atoms with Crippen molar-refractivity contribution in [2.24, 2.45) is 4.99 Å². The van der Waals surface area contributed by atoms with Gasteiger partial charge in [0.05, 0.1) is 13.1 Å². The highest BCUT2D eigenvalue weighted by Crippen LogP contribution is 2.27. The molecule has 0 aliphatic carbocycles. The summed E-state index contributed by atoms with van der Waals surface area (Å²) >= 11 is 0. The second-order valence-corrected chi connectivity index (χ2v) is 7.43. The largest absolute Gasteiger partial charge is 0.433 e. The fourth-order valence-electron chi connectivity index (χ4n) is 3.02. The van der Waals surface area contributed by atoms with Gasteiger partial charge in [0.1, 0.15) is 5.69 Å². The molecule has 0 spiro atoms. The van der Waals surface area contributed by atoms with Crippen molar-refractivity contribution in [2.75, 3.05) is 58.7 Å². The van der Waals surface area contributed by atoms with Gasteiger partial charge >= 0.3 is 6.18 Å². The molecule has 0 unspecified atom stereocenters. The van der Waals surface area contributed by atoms with E-state index in [1.807, 2.05) is 6.92 Å². The number of anilines is 1. The molecule has 3 N–H and O–H groups in total. The van der Waals surface area contributed by atoms with E-state index in [4.69, 9.17) is 0 Å². The molecule has 0 radical (unpaired) electrons. The molecule has 1 fully saturated rings. The van der Waals surface area contributed by atoms with Crippen LogP contribution in [-0.4, -0.2) is 91.0 Å². The minimum atomic E-state index is -4.50. The second-order valence-electron chi connectivity index (χ2n) is 7.43. The fraction of sp³-hybridized carbons (Fsp3) is 0.684. The van der Waals surface area contributed by atoms with Crippen molar-refractivity contribution in [3.8, 4) is 0 Å². The molecular formula is C19H31F3N8O. The van der Waals surface area contributed by atoms with Crippen molar-refractivity contribution in [1.29, 1.82) is 0 Å². The lowest BCUT2D eigenvalue weighted by Gasteiger charge is -2.33. The summed E-state index contributed by atoms with van der Waals surface area (Å²) < 4.78 is 38.1. The van der Waals surface area contributed by atoms with Crippen LogP contribution in [0.25, 0.3) is 0 Å². The van der Waals surface area contributed by atoms with Crippen LogP contribution >= 0.6 is 0 Å². The quantitative estimate of drug-likeness (QED) is 0.313. The Kier molecular flexibility index (Phi) is 9.28. The number of nitrogens with one attached hydrogen (secondary N) is 3. The Bertz CT molecular complexity index is 733. The van der Waals surface area contributed by atoms with Crippen molar-refractivity contribution in [3.05, 3.63) is 18.0 Å². The Morgan fingerprint density at radius 2 is 2.03 bits per heavy atom. The van der Waals surface area contributed by atoms with E-state index >= 15 is 0 Å². The maximum atomic E-state index is 12.7. The van der Waals surface area contributed by atoms with Gasteiger partial charge in [0.25, 0.3) is 0 Å². The number of carbonyl (C=O) groups is 1. The molecule has 174 valence electrons. The zero-order valence-corrected chi connectivity index (χ0v) is 18.2. The van der Waals surface area contributed by atoms with Crippen LogP contribution in [0.3, 0.4) is 0 Å². The molecule has 1 saturated heterocycles. The van der Waals surface area contributed by atoms with Gasteiger partial charge in [-0.2, -0.15) is 13.2 Å². The number of halogens is 3. The summed E-state index contributed by atoms with van der Waals surface area (Å²) in [7, 11) is 3.51. The summed E-state index contributed by atoms with van der Waals surface area (Å²) in [6.45, 7) is 5.36. The van der Waals surface area contributed by atoms with Crippen LogP contribution in [0.5, 0.6) is 0 Å². The maximum Gasteiger partial charge on any atom is 0.433 e. The number of aromatic nitrogens is 2. The summed E-state index contributed by atoms with van der Waals surface area (Å²) in [6.07, 6.45) is -1.65. The van der Waals surface area contributed by atoms with Gasteiger partial charge in [0, 0.05) is 52.5 Å². The standard InChI is InChI=1S/C19H31F3N8O/c1-4-23-17(27-14-6-11-30(12-7-14)13-16(31)29(2)3)25-9-10-26-18-24-8-5-15(28-18)19(20,21)22/h5,8,14H,4,6-7,9-13H2,1-3H3,(H2,23,25,27)(H,24,26,28). The average molecular weight is 445 g/mol. The normalized spacial score (nSPS) is 16.1. The third-order valence-corrected chi connectivity index (χ3v) is 4.74. The van der Waals surface area contributed by atoms with Gasteiger partial charge in [0.2, 0.25) is 11.9 Å². The number of alkyl halides is 3. The summed E-state index contributed by atoms with van der Waals surface area (Å²) in [5.41, 5.74) is -0.984. The molecule has 1 aromatic heterocycles. The number of hydrogen-bond acceptors (Lipinski definition) is 6. The van der Waals surface area contributed by atoms with Crippen molar-refractivity contribution >= 4 is 17.8 Å². The number of carbonyl (C=O) groups excluding carboxylic acids is 1. The molecule has 12 heteroatoms. The smallest absolute Gasteiger partial charge is 0.357 e. The van der Waals surface area contributed by atoms with Crippen LogP contribution in [0.2, 0.25) is 0 Å². The summed E-state index contributed by atoms with van der Waals surface area (Å²) in [5.74, 6) is 0.665. The molecule has 2 heterocycles. The molecule has 0 saturated carbocycles. The number of likely N-dealkylation sites (tertiary alicyclic amines) is 1. The van der Waals surface area contributed by atoms with Gasteiger partial charge in [-0.3, -0.25) is 14.7 Å². The molecule has 1 amide bonds. The number of hydrogen-bond donors (Lipinski definition) is 3. The molecule has 1 aliphatic heterocycles. The fourth-order valence-corrected chi connectivity index (χ4v) is 3.02. The molecule has 0 bridgehead atoms. The zero-order valence-electron chi connectivity index (χ0n) is 18.2. The Morgan fingerprint density at radius 3 is 2.65 bits per heavy atom. The third-order valence-electron chi connectivity index (χ3n) is 4.74. The zero-order chi connectivity index (χ0) is 22.9. The van der Waals surface area contributed by atoms with E-state index in [1.165, 1.54) is 0 Å². The maximum absolute atomic E-state index is 12.7. The monoisotopic (exact) mass is 444 g/mol. The molecule has 0 atom stereocenters. The molecule has 1 aromatic rings. The topological polar surface area (TPSA) is 97.8 Å². The van der Waals surface area contributed by atoms with Crippen LogP contribution in [0.4, 0.5) is 19.1 Å². The van der Waals surface area contributed by atoms with Crippen LogP contribution in [-0.2, 0) is 11.0 Å². The molecule has 31 heavy (non-hydrogen) atoms. The third kappa shape index (κ3) is 8.56. The Labute approximate surface area is 180 Å². The lowest BCUT2D eigenvalue weighted by molar-refractivity contribution is -0.141. The van der Waals surface area contributed by atoms with E-state index in [1.54, 1.807) is 19.0 Å². The highest BCUT2D eigenvalue weighted by Gasteiger charge is 2.32. The lowest BCUT2D eigenvalue weighted by Crippen LogP contribution is -2.50. The van der Waals surface area contributed by atoms with E-state index in [0.717, 1.165) is 38.2 Å². The first-order valence-electron chi connectivity index (χ1n) is 10.3. The first-order chi connectivity index (χ1) is 14.7. The number of aliphatic imine (C=N–C) groups is 1. The summed E-state index contributed by atoms with van der Waals surface area (Å²) in [6, 6.07) is 1.07. The van der Waals surface area contributed by atoms with Gasteiger partial charge in [0.15, 0.2) is 5.96 Å². The van der Waals surface area contributed by atoms with Crippen LogP contribution in [0.1, 0.15) is 25.5 Å². The Balaban J connectivity index is 1.79. The highest BCUT2D eigenvalue weighted by molar-refractivity contribution is 5.80. The second kappa shape index (κ2) is 11.7. The number of likely N-dealkylation sites (N-methyl/N-ethyl adjacent to an activating group) is 1. The van der Waals surface area contributed by atoms with Gasteiger partial charge in [-0.05, 0) is 25.8 Å². The van der Waals surface area contributed by atoms with E-state index < -0.39 is 11.9 Å². The van der Waals surface area contributed by atoms with Gasteiger partial charge in [-0.15, -0.1) is 0 Å². The minimum absolute atomic E-state index is 0.0809. The van der Waals surface area contributed by atoms with Gasteiger partial charge in [-0.1, -0.05) is 0 Å². The minimum Gasteiger partial charge on any atom is -0.357 e. The van der Waals surface area contributed by atoms with Crippen LogP contribution in [0, 0.1) is 0 Å². The number of amides is 1. The van der Waals surface area contributed by atoms with E-state index in [-0.39, 0.29) is 17.9 Å². The predicted octanol–water partition coefficient (Wildman–Crippen LogP) is 1.02. The lowest BCUT2D eigenvalue weighted by atomic mass is 10.1. The highest BCUT2D eigenvalue weighted by atomic mass is 19.4. The van der Waals surface area contributed by atoms with Crippen LogP contribution < -0.4 is 16.0 Å². The van der Waals surface area contributed by atoms with Crippen molar-refractivity contribution in [3.63, 3.8) is 0 Å². The SMILES string of the molecule is CCNC(=NCCNc1nccc(C(F)(F)F)n1)NC1CCN(CC(=O)N(C)C)CC1.